The number of nitrogens with zero attached hydrogens (tertiary/aromatic N) is 2. The fraction of sp³-hybridized carbons (Fsp3) is 0.304. The molecule has 0 aliphatic carbocycles. The van der Waals surface area contributed by atoms with Crippen LogP contribution in [0.5, 0.6) is 17.2 Å². The number of nitrogens with one attached hydrogen (secondary N) is 1. The second-order valence-electron chi connectivity index (χ2n) is 7.18. The Morgan fingerprint density at radius 2 is 1.68 bits per heavy atom. The molecule has 0 fully saturated rings. The summed E-state index contributed by atoms with van der Waals surface area (Å²) in [5, 5.41) is 7.29. The number of hydrogen-bond donors (Lipinski definition) is 1. The summed E-state index contributed by atoms with van der Waals surface area (Å²) < 4.78 is 31.1. The van der Waals surface area contributed by atoms with Gasteiger partial charge in [-0.3, -0.25) is 4.79 Å². The first-order valence-electron chi connectivity index (χ1n) is 9.80. The molecule has 1 amide bonds. The van der Waals surface area contributed by atoms with Crippen LogP contribution in [0.15, 0.2) is 42.6 Å². The fourth-order valence-corrected chi connectivity index (χ4v) is 3.39. The van der Waals surface area contributed by atoms with Crippen LogP contribution in [0.25, 0.3) is 5.69 Å². The first kappa shape index (κ1) is 22.1. The summed E-state index contributed by atoms with van der Waals surface area (Å²) in [7, 11) is 4.65. The molecule has 0 aliphatic rings. The second kappa shape index (κ2) is 9.51. The Bertz CT molecular complexity index is 1040. The highest BCUT2D eigenvalue weighted by Gasteiger charge is 2.22. The molecule has 3 rings (SSSR count). The molecular formula is C23H26FN3O4. The number of aromatic nitrogens is 2. The smallest absolute Gasteiger partial charge is 0.255 e. The summed E-state index contributed by atoms with van der Waals surface area (Å²) in [4.78, 5) is 13.0. The van der Waals surface area contributed by atoms with Gasteiger partial charge in [-0.2, -0.15) is 5.10 Å². The summed E-state index contributed by atoms with van der Waals surface area (Å²) in [6.45, 7) is 4.14. The predicted molar refractivity (Wildman–Crippen MR) is 115 cm³/mol. The van der Waals surface area contributed by atoms with E-state index in [2.05, 4.69) is 10.4 Å². The zero-order valence-electron chi connectivity index (χ0n) is 18.2. The zero-order chi connectivity index (χ0) is 22.5. The highest BCUT2D eigenvalue weighted by atomic mass is 19.1. The topological polar surface area (TPSA) is 74.6 Å². The standard InChI is InChI=1S/C23H26FN3O4/c1-14(2)22-19(13-26-27(22)16-8-6-15(24)7-9-16)23(28)25-12-18-20(30-4)10-17(29-3)11-21(18)31-5/h6-11,13-14H,12H2,1-5H3,(H,25,28). The summed E-state index contributed by atoms with van der Waals surface area (Å²) in [6.07, 6.45) is 1.52. The van der Waals surface area contributed by atoms with Crippen LogP contribution in [0, 0.1) is 5.82 Å². The Hall–Kier alpha value is -3.55. The van der Waals surface area contributed by atoms with E-state index in [1.54, 1.807) is 50.3 Å². The van der Waals surface area contributed by atoms with Gasteiger partial charge in [-0.25, -0.2) is 9.07 Å². The Balaban J connectivity index is 1.89. The SMILES string of the molecule is COc1cc(OC)c(CNC(=O)c2cnn(-c3ccc(F)cc3)c2C(C)C)c(OC)c1. The lowest BCUT2D eigenvalue weighted by Crippen LogP contribution is -2.24. The van der Waals surface area contributed by atoms with E-state index >= 15 is 0 Å². The maximum absolute atomic E-state index is 13.3. The van der Waals surface area contributed by atoms with Crippen LogP contribution in [0.4, 0.5) is 4.39 Å². The van der Waals surface area contributed by atoms with Gasteiger partial charge < -0.3 is 19.5 Å². The molecule has 0 aliphatic heterocycles. The number of methoxy groups -OCH3 is 3. The molecular weight excluding hydrogens is 401 g/mol. The minimum Gasteiger partial charge on any atom is -0.496 e. The van der Waals surface area contributed by atoms with E-state index in [0.717, 1.165) is 5.69 Å². The number of carbonyl (C=O) groups is 1. The van der Waals surface area contributed by atoms with Crippen molar-refractivity contribution in [3.8, 4) is 22.9 Å². The average molecular weight is 427 g/mol. The van der Waals surface area contributed by atoms with Gasteiger partial charge >= 0.3 is 0 Å². The van der Waals surface area contributed by atoms with Crippen LogP contribution in [-0.4, -0.2) is 37.0 Å². The third-order valence-corrected chi connectivity index (χ3v) is 4.91. The molecule has 2 aromatic carbocycles. The summed E-state index contributed by atoms with van der Waals surface area (Å²) in [5.41, 5.74) is 2.56. The van der Waals surface area contributed by atoms with Crippen molar-refractivity contribution in [2.75, 3.05) is 21.3 Å². The molecule has 164 valence electrons. The second-order valence-corrected chi connectivity index (χ2v) is 7.18. The lowest BCUT2D eigenvalue weighted by Gasteiger charge is -2.16. The van der Waals surface area contributed by atoms with Gasteiger partial charge in [-0.1, -0.05) is 13.8 Å². The summed E-state index contributed by atoms with van der Waals surface area (Å²) >= 11 is 0. The first-order valence-corrected chi connectivity index (χ1v) is 9.80. The molecule has 1 N–H and O–H groups in total. The van der Waals surface area contributed by atoms with Crippen LogP contribution in [-0.2, 0) is 6.54 Å². The van der Waals surface area contributed by atoms with E-state index in [4.69, 9.17) is 14.2 Å². The molecule has 3 aromatic rings. The lowest BCUT2D eigenvalue weighted by molar-refractivity contribution is 0.0949. The number of rotatable bonds is 8. The highest BCUT2D eigenvalue weighted by Crippen LogP contribution is 2.34. The molecule has 0 bridgehead atoms. The van der Waals surface area contributed by atoms with Crippen molar-refractivity contribution in [1.82, 2.24) is 15.1 Å². The normalized spacial score (nSPS) is 10.8. The van der Waals surface area contributed by atoms with Crippen LogP contribution < -0.4 is 19.5 Å². The zero-order valence-corrected chi connectivity index (χ0v) is 18.2. The molecule has 31 heavy (non-hydrogen) atoms. The molecule has 0 atom stereocenters. The Morgan fingerprint density at radius 1 is 1.06 bits per heavy atom. The van der Waals surface area contributed by atoms with Gasteiger partial charge in [0.15, 0.2) is 0 Å². The number of carbonyl (C=O) groups excluding carboxylic acids is 1. The highest BCUT2D eigenvalue weighted by molar-refractivity contribution is 5.95. The van der Waals surface area contributed by atoms with Gasteiger partial charge in [-0.15, -0.1) is 0 Å². The van der Waals surface area contributed by atoms with Crippen molar-refractivity contribution >= 4 is 5.91 Å². The molecule has 0 unspecified atom stereocenters. The van der Waals surface area contributed by atoms with E-state index in [-0.39, 0.29) is 24.2 Å². The number of amides is 1. The van der Waals surface area contributed by atoms with Crippen LogP contribution >= 0.6 is 0 Å². The van der Waals surface area contributed by atoms with E-state index in [0.29, 0.717) is 34.1 Å². The molecule has 0 saturated heterocycles. The van der Waals surface area contributed by atoms with Crippen molar-refractivity contribution in [3.63, 3.8) is 0 Å². The van der Waals surface area contributed by atoms with Crippen molar-refractivity contribution in [2.24, 2.45) is 0 Å². The van der Waals surface area contributed by atoms with E-state index in [1.165, 1.54) is 18.3 Å². The molecule has 1 aromatic heterocycles. The average Bonchev–Trinajstić information content (AvgIpc) is 3.23. The van der Waals surface area contributed by atoms with Crippen molar-refractivity contribution in [1.29, 1.82) is 0 Å². The van der Waals surface area contributed by atoms with Crippen molar-refractivity contribution < 1.29 is 23.4 Å². The Kier molecular flexibility index (Phi) is 6.79. The predicted octanol–water partition coefficient (Wildman–Crippen LogP) is 4.09. The van der Waals surface area contributed by atoms with Gasteiger partial charge in [0.25, 0.3) is 5.91 Å². The summed E-state index contributed by atoms with van der Waals surface area (Å²) in [6, 6.07) is 9.45. The third kappa shape index (κ3) is 4.63. The monoisotopic (exact) mass is 427 g/mol. The summed E-state index contributed by atoms with van der Waals surface area (Å²) in [5.74, 6) is 1.08. The van der Waals surface area contributed by atoms with Gasteiger partial charge in [0, 0.05) is 12.1 Å². The lowest BCUT2D eigenvalue weighted by atomic mass is 10.0. The van der Waals surface area contributed by atoms with Crippen LogP contribution in [0.1, 0.15) is 41.4 Å². The number of halogens is 1. The third-order valence-electron chi connectivity index (χ3n) is 4.91. The van der Waals surface area contributed by atoms with Crippen LogP contribution in [0.2, 0.25) is 0 Å². The minimum absolute atomic E-state index is 0.0124. The molecule has 0 saturated carbocycles. The van der Waals surface area contributed by atoms with Crippen LogP contribution in [0.3, 0.4) is 0 Å². The molecule has 8 heteroatoms. The Morgan fingerprint density at radius 3 is 2.19 bits per heavy atom. The fourth-order valence-electron chi connectivity index (χ4n) is 3.39. The van der Waals surface area contributed by atoms with Gasteiger partial charge in [0.2, 0.25) is 0 Å². The van der Waals surface area contributed by atoms with Crippen molar-refractivity contribution in [3.05, 3.63) is 65.2 Å². The minimum atomic E-state index is -0.331. The van der Waals surface area contributed by atoms with Gasteiger partial charge in [-0.05, 0) is 30.2 Å². The maximum atomic E-state index is 13.3. The number of ether oxygens (including phenoxy) is 3. The largest absolute Gasteiger partial charge is 0.496 e. The molecule has 0 spiro atoms. The molecule has 1 heterocycles. The van der Waals surface area contributed by atoms with E-state index in [9.17, 15) is 9.18 Å². The molecule has 7 nitrogen and oxygen atoms in total. The van der Waals surface area contributed by atoms with Gasteiger partial charge in [0.1, 0.15) is 23.1 Å². The maximum Gasteiger partial charge on any atom is 0.255 e. The van der Waals surface area contributed by atoms with Crippen molar-refractivity contribution in [2.45, 2.75) is 26.3 Å². The van der Waals surface area contributed by atoms with Gasteiger partial charge in [0.05, 0.1) is 56.6 Å². The quantitative estimate of drug-likeness (QED) is 0.586. The number of benzene rings is 2. The number of hydrogen-bond acceptors (Lipinski definition) is 5. The first-order chi connectivity index (χ1) is 14.9. The Labute approximate surface area is 180 Å². The van der Waals surface area contributed by atoms with E-state index in [1.807, 2.05) is 13.8 Å². The van der Waals surface area contributed by atoms with E-state index < -0.39 is 0 Å². The molecule has 0 radical (unpaired) electrons.